The Kier molecular flexibility index (Phi) is 4.93. The Morgan fingerprint density at radius 1 is 1.40 bits per heavy atom. The number of aliphatic hydroxyl groups is 1. The third kappa shape index (κ3) is 4.64. The molecule has 0 amide bonds. The van der Waals surface area contributed by atoms with E-state index in [9.17, 15) is 13.2 Å². The second-order valence-corrected chi connectivity index (χ2v) is 5.69. The fourth-order valence-electron chi connectivity index (χ4n) is 1.63. The number of alkyl halides is 3. The molecule has 1 aromatic carbocycles. The summed E-state index contributed by atoms with van der Waals surface area (Å²) in [7, 11) is 0. The summed E-state index contributed by atoms with van der Waals surface area (Å²) in [6.45, 7) is -0.275. The minimum absolute atomic E-state index is 0.352. The molecule has 0 radical (unpaired) electrons. The molecule has 1 fully saturated rings. The molecule has 0 heterocycles. The van der Waals surface area contributed by atoms with Crippen LogP contribution in [-0.2, 0) is 6.54 Å². The van der Waals surface area contributed by atoms with E-state index in [1.54, 1.807) is 18.2 Å². The highest BCUT2D eigenvalue weighted by atomic mass is 79.9. The van der Waals surface area contributed by atoms with Gasteiger partial charge in [-0.05, 0) is 31.0 Å². The molecular formula is C13H15BrF3NO2. The van der Waals surface area contributed by atoms with Crippen LogP contribution in [0.1, 0.15) is 18.4 Å². The van der Waals surface area contributed by atoms with Gasteiger partial charge in [-0.15, -0.1) is 0 Å². The maximum Gasteiger partial charge on any atom is 0.417 e. The Morgan fingerprint density at radius 3 is 2.70 bits per heavy atom. The highest BCUT2D eigenvalue weighted by molar-refractivity contribution is 9.10. The topological polar surface area (TPSA) is 41.5 Å². The smallest absolute Gasteiger partial charge is 0.417 e. The number of nitrogens with one attached hydrogen (secondary N) is 1. The number of aliphatic hydroxyl groups excluding tert-OH is 1. The molecule has 0 aliphatic heterocycles. The van der Waals surface area contributed by atoms with Gasteiger partial charge in [0.2, 0.25) is 0 Å². The predicted molar refractivity (Wildman–Crippen MR) is 71.6 cm³/mol. The third-order valence-electron chi connectivity index (χ3n) is 2.96. The highest BCUT2D eigenvalue weighted by Gasteiger charge is 2.38. The first-order valence-electron chi connectivity index (χ1n) is 6.25. The van der Waals surface area contributed by atoms with Crippen molar-refractivity contribution in [2.75, 3.05) is 6.61 Å². The van der Waals surface area contributed by atoms with E-state index >= 15 is 0 Å². The van der Waals surface area contributed by atoms with Gasteiger partial charge in [0, 0.05) is 22.6 Å². The van der Waals surface area contributed by atoms with Crippen molar-refractivity contribution in [1.82, 2.24) is 5.32 Å². The van der Waals surface area contributed by atoms with Gasteiger partial charge >= 0.3 is 6.18 Å². The van der Waals surface area contributed by atoms with Crippen LogP contribution in [0.25, 0.3) is 0 Å². The Hall–Kier alpha value is -0.790. The van der Waals surface area contributed by atoms with E-state index in [2.05, 4.69) is 21.2 Å². The monoisotopic (exact) mass is 353 g/mol. The average molecular weight is 354 g/mol. The third-order valence-corrected chi connectivity index (χ3v) is 3.45. The first-order valence-corrected chi connectivity index (χ1v) is 7.05. The minimum atomic E-state index is -4.66. The van der Waals surface area contributed by atoms with Crippen molar-refractivity contribution in [3.63, 3.8) is 0 Å². The number of benzene rings is 1. The standard InChI is InChI=1S/C13H15BrF3NO2/c14-9-1-4-11(20-7-12(19)13(15,16)17)8(5-9)6-18-10-2-3-10/h1,4-5,10,12,18-19H,2-3,6-7H2. The second-order valence-electron chi connectivity index (χ2n) is 4.78. The maximum absolute atomic E-state index is 12.2. The molecule has 2 rings (SSSR count). The first kappa shape index (κ1) is 15.6. The van der Waals surface area contributed by atoms with E-state index in [0.29, 0.717) is 18.3 Å². The number of rotatable bonds is 6. The van der Waals surface area contributed by atoms with Gasteiger partial charge in [-0.2, -0.15) is 13.2 Å². The van der Waals surface area contributed by atoms with E-state index in [0.717, 1.165) is 22.9 Å². The van der Waals surface area contributed by atoms with Crippen molar-refractivity contribution < 1.29 is 23.0 Å². The molecule has 1 aliphatic rings. The van der Waals surface area contributed by atoms with Crippen molar-refractivity contribution >= 4 is 15.9 Å². The summed E-state index contributed by atoms with van der Waals surface area (Å²) in [5, 5.41) is 12.2. The first-order chi connectivity index (χ1) is 9.36. The summed E-state index contributed by atoms with van der Waals surface area (Å²) in [5.74, 6) is 0.352. The molecule has 0 bridgehead atoms. The lowest BCUT2D eigenvalue weighted by Crippen LogP contribution is -2.34. The van der Waals surface area contributed by atoms with Gasteiger partial charge in [0.05, 0.1) is 0 Å². The van der Waals surface area contributed by atoms with E-state index < -0.39 is 18.9 Å². The average Bonchev–Trinajstić information content (AvgIpc) is 3.17. The SMILES string of the molecule is OC(COc1ccc(Br)cc1CNC1CC1)C(F)(F)F. The summed E-state index contributed by atoms with van der Waals surface area (Å²) in [6.07, 6.45) is -4.90. The van der Waals surface area contributed by atoms with Gasteiger partial charge < -0.3 is 15.2 Å². The zero-order chi connectivity index (χ0) is 14.8. The Morgan fingerprint density at radius 2 is 2.10 bits per heavy atom. The molecular weight excluding hydrogens is 339 g/mol. The molecule has 1 atom stereocenters. The molecule has 1 saturated carbocycles. The Balaban J connectivity index is 1.98. The van der Waals surface area contributed by atoms with Crippen molar-refractivity contribution in [3.8, 4) is 5.75 Å². The highest BCUT2D eigenvalue weighted by Crippen LogP contribution is 2.27. The fraction of sp³-hybridized carbons (Fsp3) is 0.538. The van der Waals surface area contributed by atoms with Crippen LogP contribution < -0.4 is 10.1 Å². The molecule has 0 spiro atoms. The van der Waals surface area contributed by atoms with Gasteiger partial charge in [0.25, 0.3) is 0 Å². The summed E-state index contributed by atoms with van der Waals surface area (Å²) < 4.78 is 42.6. The van der Waals surface area contributed by atoms with E-state index in [1.165, 1.54) is 0 Å². The van der Waals surface area contributed by atoms with Crippen LogP contribution >= 0.6 is 15.9 Å². The van der Waals surface area contributed by atoms with E-state index in [1.807, 2.05) is 0 Å². The quantitative estimate of drug-likeness (QED) is 0.825. The zero-order valence-corrected chi connectivity index (χ0v) is 12.2. The molecule has 20 heavy (non-hydrogen) atoms. The molecule has 1 aliphatic carbocycles. The lowest BCUT2D eigenvalue weighted by Gasteiger charge is -2.17. The van der Waals surface area contributed by atoms with E-state index in [-0.39, 0.29) is 0 Å². The van der Waals surface area contributed by atoms with Crippen molar-refractivity contribution in [2.45, 2.75) is 37.7 Å². The molecule has 2 N–H and O–H groups in total. The van der Waals surface area contributed by atoms with Gasteiger partial charge in [0.15, 0.2) is 6.10 Å². The lowest BCUT2D eigenvalue weighted by molar-refractivity contribution is -0.210. The van der Waals surface area contributed by atoms with Crippen LogP contribution in [0.2, 0.25) is 0 Å². The molecule has 0 saturated heterocycles. The Labute approximate surface area is 123 Å². The van der Waals surface area contributed by atoms with Crippen LogP contribution in [0.3, 0.4) is 0 Å². The van der Waals surface area contributed by atoms with E-state index in [4.69, 9.17) is 9.84 Å². The predicted octanol–water partition coefficient (Wildman–Crippen LogP) is 3.00. The molecule has 0 aromatic heterocycles. The molecule has 1 aromatic rings. The number of ether oxygens (including phenoxy) is 1. The molecule has 1 unspecified atom stereocenters. The fourth-order valence-corrected chi connectivity index (χ4v) is 2.04. The molecule has 112 valence electrons. The lowest BCUT2D eigenvalue weighted by atomic mass is 10.2. The summed E-state index contributed by atoms with van der Waals surface area (Å²) in [6, 6.07) is 5.57. The summed E-state index contributed by atoms with van der Waals surface area (Å²) in [4.78, 5) is 0. The van der Waals surface area contributed by atoms with Crippen LogP contribution in [-0.4, -0.2) is 30.0 Å². The van der Waals surface area contributed by atoms with Crippen LogP contribution in [0.5, 0.6) is 5.75 Å². The van der Waals surface area contributed by atoms with Crippen LogP contribution in [0.15, 0.2) is 22.7 Å². The summed E-state index contributed by atoms with van der Waals surface area (Å²) >= 11 is 3.32. The number of halogens is 4. The van der Waals surface area contributed by atoms with Crippen molar-refractivity contribution in [3.05, 3.63) is 28.2 Å². The van der Waals surface area contributed by atoms with Gasteiger partial charge in [-0.3, -0.25) is 0 Å². The van der Waals surface area contributed by atoms with Gasteiger partial charge in [-0.25, -0.2) is 0 Å². The zero-order valence-electron chi connectivity index (χ0n) is 10.6. The largest absolute Gasteiger partial charge is 0.490 e. The van der Waals surface area contributed by atoms with Crippen molar-refractivity contribution in [1.29, 1.82) is 0 Å². The van der Waals surface area contributed by atoms with Crippen LogP contribution in [0, 0.1) is 0 Å². The van der Waals surface area contributed by atoms with Crippen LogP contribution in [0.4, 0.5) is 13.2 Å². The van der Waals surface area contributed by atoms with Crippen molar-refractivity contribution in [2.24, 2.45) is 0 Å². The maximum atomic E-state index is 12.2. The summed E-state index contributed by atoms with van der Waals surface area (Å²) in [5.41, 5.74) is 0.764. The van der Waals surface area contributed by atoms with Gasteiger partial charge in [-0.1, -0.05) is 15.9 Å². The molecule has 7 heteroatoms. The number of hydrogen-bond acceptors (Lipinski definition) is 3. The number of hydrogen-bond donors (Lipinski definition) is 2. The normalized spacial score (nSPS) is 17.1. The van der Waals surface area contributed by atoms with Gasteiger partial charge in [0.1, 0.15) is 12.4 Å². The second kappa shape index (κ2) is 6.32. The Bertz CT molecular complexity index is 463. The molecule has 3 nitrogen and oxygen atoms in total. The minimum Gasteiger partial charge on any atom is -0.490 e.